The Bertz CT molecular complexity index is 873. The first-order chi connectivity index (χ1) is 12.2. The summed E-state index contributed by atoms with van der Waals surface area (Å²) in [5.74, 6) is 1.08. The second kappa shape index (κ2) is 7.81. The van der Waals surface area contributed by atoms with Crippen molar-refractivity contribution in [3.05, 3.63) is 54.1 Å². The van der Waals surface area contributed by atoms with Gasteiger partial charge in [-0.05, 0) is 36.8 Å². The van der Waals surface area contributed by atoms with E-state index in [2.05, 4.69) is 10.3 Å². The molecule has 0 saturated carbocycles. The van der Waals surface area contributed by atoms with E-state index in [9.17, 15) is 4.79 Å². The Balaban J connectivity index is 1.59. The summed E-state index contributed by atoms with van der Waals surface area (Å²) < 4.78 is 12.6. The van der Waals surface area contributed by atoms with Gasteiger partial charge in [-0.2, -0.15) is 0 Å². The van der Waals surface area contributed by atoms with Gasteiger partial charge in [-0.15, -0.1) is 0 Å². The van der Waals surface area contributed by atoms with Crippen molar-refractivity contribution in [1.82, 2.24) is 9.55 Å². The lowest BCUT2D eigenvalue weighted by atomic mass is 10.2. The highest BCUT2D eigenvalue weighted by atomic mass is 16.5. The third kappa shape index (κ3) is 3.97. The molecule has 0 fully saturated rings. The zero-order valence-corrected chi connectivity index (χ0v) is 14.4. The summed E-state index contributed by atoms with van der Waals surface area (Å²) in [5.41, 5.74) is 2.81. The van der Waals surface area contributed by atoms with E-state index in [1.807, 2.05) is 60.0 Å². The van der Waals surface area contributed by atoms with Gasteiger partial charge in [0.1, 0.15) is 12.4 Å². The predicted octanol–water partition coefficient (Wildman–Crippen LogP) is 3.22. The zero-order chi connectivity index (χ0) is 17.6. The van der Waals surface area contributed by atoms with Crippen LogP contribution >= 0.6 is 0 Å². The average molecular weight is 339 g/mol. The number of carbonyl (C=O) groups excluding carboxylic acids is 1. The second-order valence-electron chi connectivity index (χ2n) is 5.56. The summed E-state index contributed by atoms with van der Waals surface area (Å²) in [4.78, 5) is 16.6. The van der Waals surface area contributed by atoms with E-state index in [1.165, 1.54) is 0 Å². The lowest BCUT2D eigenvalue weighted by Gasteiger charge is -2.08. The molecule has 0 aliphatic rings. The number of nitrogens with zero attached hydrogens (tertiary/aromatic N) is 2. The normalized spacial score (nSPS) is 10.8. The van der Waals surface area contributed by atoms with Crippen LogP contribution < -0.4 is 10.1 Å². The van der Waals surface area contributed by atoms with E-state index in [-0.39, 0.29) is 12.5 Å². The smallest absolute Gasteiger partial charge is 0.252 e. The van der Waals surface area contributed by atoms with Gasteiger partial charge in [-0.3, -0.25) is 10.1 Å². The molecule has 130 valence electrons. The van der Waals surface area contributed by atoms with Crippen molar-refractivity contribution in [2.24, 2.45) is 0 Å². The fourth-order valence-corrected chi connectivity index (χ4v) is 2.68. The van der Waals surface area contributed by atoms with Crippen molar-refractivity contribution in [1.29, 1.82) is 0 Å². The Morgan fingerprint density at radius 2 is 2.04 bits per heavy atom. The number of benzene rings is 2. The van der Waals surface area contributed by atoms with E-state index in [0.717, 1.165) is 28.9 Å². The van der Waals surface area contributed by atoms with Gasteiger partial charge in [0.2, 0.25) is 5.95 Å². The maximum atomic E-state index is 12.2. The molecule has 6 heteroatoms. The Kier molecular flexibility index (Phi) is 5.30. The van der Waals surface area contributed by atoms with E-state index in [1.54, 1.807) is 7.11 Å². The topological polar surface area (TPSA) is 65.4 Å². The second-order valence-corrected chi connectivity index (χ2v) is 5.56. The van der Waals surface area contributed by atoms with E-state index in [4.69, 9.17) is 9.47 Å². The van der Waals surface area contributed by atoms with Gasteiger partial charge in [-0.1, -0.05) is 24.3 Å². The molecule has 0 unspecified atom stereocenters. The van der Waals surface area contributed by atoms with E-state index in [0.29, 0.717) is 12.6 Å². The first-order valence-corrected chi connectivity index (χ1v) is 8.17. The molecular formula is C19H21N3O3. The molecule has 3 rings (SSSR count). The van der Waals surface area contributed by atoms with Gasteiger partial charge in [0.15, 0.2) is 0 Å². The lowest BCUT2D eigenvalue weighted by Crippen LogP contribution is -2.20. The van der Waals surface area contributed by atoms with Crippen molar-refractivity contribution in [2.75, 3.05) is 19.0 Å². The Morgan fingerprint density at radius 3 is 2.84 bits per heavy atom. The first-order valence-electron chi connectivity index (χ1n) is 8.17. The van der Waals surface area contributed by atoms with Crippen molar-refractivity contribution in [2.45, 2.75) is 20.1 Å². The minimum absolute atomic E-state index is 0.0376. The van der Waals surface area contributed by atoms with Crippen LogP contribution in [0.25, 0.3) is 11.0 Å². The molecule has 1 amide bonds. The first kappa shape index (κ1) is 17.0. The summed E-state index contributed by atoms with van der Waals surface area (Å²) in [7, 11) is 1.62. The number of aryl methyl sites for hydroxylation is 1. The summed E-state index contributed by atoms with van der Waals surface area (Å²) in [6, 6.07) is 15.4. The molecule has 0 radical (unpaired) electrons. The number of amides is 1. The number of para-hydroxylation sites is 2. The largest absolute Gasteiger partial charge is 0.497 e. The SMILES string of the molecule is CCn1c(NC(=O)COCc2cccc(OC)c2)nc2ccccc21. The van der Waals surface area contributed by atoms with Gasteiger partial charge in [0.25, 0.3) is 5.91 Å². The van der Waals surface area contributed by atoms with Gasteiger partial charge in [0.05, 0.1) is 24.8 Å². The van der Waals surface area contributed by atoms with Crippen LogP contribution in [0.15, 0.2) is 48.5 Å². The molecule has 0 aliphatic carbocycles. The van der Waals surface area contributed by atoms with Gasteiger partial charge >= 0.3 is 0 Å². The molecule has 3 aromatic rings. The minimum atomic E-state index is -0.229. The maximum Gasteiger partial charge on any atom is 0.252 e. The zero-order valence-electron chi connectivity index (χ0n) is 14.4. The van der Waals surface area contributed by atoms with E-state index < -0.39 is 0 Å². The lowest BCUT2D eigenvalue weighted by molar-refractivity contribution is -0.121. The predicted molar refractivity (Wildman–Crippen MR) is 96.7 cm³/mol. The minimum Gasteiger partial charge on any atom is -0.497 e. The molecule has 0 saturated heterocycles. The molecule has 25 heavy (non-hydrogen) atoms. The van der Waals surface area contributed by atoms with Gasteiger partial charge in [-0.25, -0.2) is 4.98 Å². The van der Waals surface area contributed by atoms with Gasteiger partial charge < -0.3 is 14.0 Å². The number of hydrogen-bond acceptors (Lipinski definition) is 4. The van der Waals surface area contributed by atoms with Crippen LogP contribution in [0.5, 0.6) is 5.75 Å². The Labute approximate surface area is 146 Å². The highest BCUT2D eigenvalue weighted by molar-refractivity contribution is 5.92. The molecule has 2 aromatic carbocycles. The molecule has 1 aromatic heterocycles. The third-order valence-corrected chi connectivity index (χ3v) is 3.86. The van der Waals surface area contributed by atoms with Crippen molar-refractivity contribution in [3.63, 3.8) is 0 Å². The number of carbonyl (C=O) groups is 1. The fraction of sp³-hybridized carbons (Fsp3) is 0.263. The van der Waals surface area contributed by atoms with Crippen LogP contribution in [0.3, 0.4) is 0 Å². The maximum absolute atomic E-state index is 12.2. The van der Waals surface area contributed by atoms with Crippen LogP contribution in [0.1, 0.15) is 12.5 Å². The number of imidazole rings is 1. The number of fused-ring (bicyclic) bond motifs is 1. The fourth-order valence-electron chi connectivity index (χ4n) is 2.68. The number of nitrogens with one attached hydrogen (secondary N) is 1. The van der Waals surface area contributed by atoms with E-state index >= 15 is 0 Å². The third-order valence-electron chi connectivity index (χ3n) is 3.86. The number of methoxy groups -OCH3 is 1. The molecule has 0 bridgehead atoms. The summed E-state index contributed by atoms with van der Waals surface area (Å²) in [6.07, 6.45) is 0. The van der Waals surface area contributed by atoms with Crippen LogP contribution in [-0.2, 0) is 22.7 Å². The average Bonchev–Trinajstić information content (AvgIpc) is 2.98. The van der Waals surface area contributed by atoms with Crippen molar-refractivity contribution in [3.8, 4) is 5.75 Å². The van der Waals surface area contributed by atoms with Crippen molar-refractivity contribution < 1.29 is 14.3 Å². The highest BCUT2D eigenvalue weighted by Crippen LogP contribution is 2.19. The number of anilines is 1. The number of rotatable bonds is 7. The van der Waals surface area contributed by atoms with Crippen LogP contribution in [0, 0.1) is 0 Å². The standard InChI is InChI=1S/C19H21N3O3/c1-3-22-17-10-5-4-9-16(17)20-19(22)21-18(23)13-25-12-14-7-6-8-15(11-14)24-2/h4-11H,3,12-13H2,1-2H3,(H,20,21,23). The molecule has 0 spiro atoms. The van der Waals surface area contributed by atoms with Crippen LogP contribution in [0.2, 0.25) is 0 Å². The Hall–Kier alpha value is -2.86. The Morgan fingerprint density at radius 1 is 1.20 bits per heavy atom. The molecule has 6 nitrogen and oxygen atoms in total. The molecule has 1 heterocycles. The number of aromatic nitrogens is 2. The summed E-state index contributed by atoms with van der Waals surface area (Å²) >= 11 is 0. The molecule has 0 atom stereocenters. The molecule has 1 N–H and O–H groups in total. The van der Waals surface area contributed by atoms with Crippen LogP contribution in [-0.4, -0.2) is 29.2 Å². The monoisotopic (exact) mass is 339 g/mol. The highest BCUT2D eigenvalue weighted by Gasteiger charge is 2.12. The number of ether oxygens (including phenoxy) is 2. The van der Waals surface area contributed by atoms with Gasteiger partial charge in [0, 0.05) is 6.54 Å². The molecular weight excluding hydrogens is 318 g/mol. The quantitative estimate of drug-likeness (QED) is 0.718. The molecule has 0 aliphatic heterocycles. The summed E-state index contributed by atoms with van der Waals surface area (Å²) in [6.45, 7) is 3.04. The van der Waals surface area contributed by atoms with Crippen LogP contribution in [0.4, 0.5) is 5.95 Å². The summed E-state index contributed by atoms with van der Waals surface area (Å²) in [5, 5.41) is 2.82. The number of hydrogen-bond donors (Lipinski definition) is 1. The van der Waals surface area contributed by atoms with Crippen molar-refractivity contribution >= 4 is 22.9 Å².